The zero-order valence-corrected chi connectivity index (χ0v) is 15.9. The SMILES string of the molecule is Cc1ccc(NC(=O)CSc2ccccc2C(=O)O[C@@H]2CCCC2=O)cc1. The number of ether oxygens (including phenoxy) is 1. The molecule has 1 saturated carbocycles. The number of benzene rings is 2. The fourth-order valence-corrected chi connectivity index (χ4v) is 3.68. The molecule has 1 atom stereocenters. The molecule has 0 radical (unpaired) electrons. The molecule has 0 bridgehead atoms. The van der Waals surface area contributed by atoms with Crippen molar-refractivity contribution < 1.29 is 19.1 Å². The molecule has 3 rings (SSSR count). The zero-order valence-electron chi connectivity index (χ0n) is 15.1. The van der Waals surface area contributed by atoms with Crippen molar-refractivity contribution in [2.24, 2.45) is 0 Å². The largest absolute Gasteiger partial charge is 0.451 e. The number of hydrogen-bond acceptors (Lipinski definition) is 5. The average molecular weight is 383 g/mol. The number of hydrogen-bond donors (Lipinski definition) is 1. The van der Waals surface area contributed by atoms with Crippen molar-refractivity contribution in [2.75, 3.05) is 11.1 Å². The Balaban J connectivity index is 1.60. The smallest absolute Gasteiger partial charge is 0.339 e. The van der Waals surface area contributed by atoms with Crippen molar-refractivity contribution in [3.63, 3.8) is 0 Å². The van der Waals surface area contributed by atoms with Crippen molar-refractivity contribution in [3.05, 3.63) is 59.7 Å². The van der Waals surface area contributed by atoms with Gasteiger partial charge in [-0.2, -0.15) is 0 Å². The van der Waals surface area contributed by atoms with Crippen LogP contribution in [0.5, 0.6) is 0 Å². The molecule has 0 heterocycles. The van der Waals surface area contributed by atoms with Crippen LogP contribution in [0.25, 0.3) is 0 Å². The van der Waals surface area contributed by atoms with Crippen LogP contribution >= 0.6 is 11.8 Å². The molecule has 0 saturated heterocycles. The summed E-state index contributed by atoms with van der Waals surface area (Å²) in [4.78, 5) is 37.0. The van der Waals surface area contributed by atoms with Crippen molar-refractivity contribution in [1.29, 1.82) is 0 Å². The van der Waals surface area contributed by atoms with E-state index in [2.05, 4.69) is 5.32 Å². The van der Waals surface area contributed by atoms with E-state index in [4.69, 9.17) is 4.74 Å². The number of nitrogens with one attached hydrogen (secondary N) is 1. The Morgan fingerprint density at radius 2 is 1.89 bits per heavy atom. The maximum atomic E-state index is 12.4. The van der Waals surface area contributed by atoms with E-state index in [-0.39, 0.29) is 17.4 Å². The van der Waals surface area contributed by atoms with E-state index in [1.54, 1.807) is 24.3 Å². The molecule has 5 nitrogen and oxygen atoms in total. The summed E-state index contributed by atoms with van der Waals surface area (Å²) in [6.45, 7) is 1.98. The highest BCUT2D eigenvalue weighted by Crippen LogP contribution is 2.26. The molecular formula is C21H21NO4S. The quantitative estimate of drug-likeness (QED) is 0.603. The van der Waals surface area contributed by atoms with Gasteiger partial charge in [-0.25, -0.2) is 4.79 Å². The monoisotopic (exact) mass is 383 g/mol. The molecule has 140 valence electrons. The van der Waals surface area contributed by atoms with Crippen LogP contribution in [0.4, 0.5) is 5.69 Å². The van der Waals surface area contributed by atoms with Gasteiger partial charge < -0.3 is 10.1 Å². The Kier molecular flexibility index (Phi) is 6.29. The lowest BCUT2D eigenvalue weighted by Crippen LogP contribution is -2.22. The fraction of sp³-hybridized carbons (Fsp3) is 0.286. The van der Waals surface area contributed by atoms with Crippen LogP contribution in [-0.4, -0.2) is 29.5 Å². The second-order valence-electron chi connectivity index (χ2n) is 6.45. The maximum Gasteiger partial charge on any atom is 0.339 e. The van der Waals surface area contributed by atoms with E-state index in [0.717, 1.165) is 17.7 Å². The van der Waals surface area contributed by atoms with Gasteiger partial charge in [0, 0.05) is 17.0 Å². The number of esters is 1. The number of Topliss-reactive ketones (excluding diaryl/α,β-unsaturated/α-hetero) is 1. The van der Waals surface area contributed by atoms with Gasteiger partial charge in [0.25, 0.3) is 0 Å². The first-order valence-corrected chi connectivity index (χ1v) is 9.83. The summed E-state index contributed by atoms with van der Waals surface area (Å²) in [7, 11) is 0. The van der Waals surface area contributed by atoms with Gasteiger partial charge in [0.15, 0.2) is 11.9 Å². The summed E-state index contributed by atoms with van der Waals surface area (Å²) < 4.78 is 5.36. The van der Waals surface area contributed by atoms with Gasteiger partial charge in [0.05, 0.1) is 11.3 Å². The molecule has 6 heteroatoms. The highest BCUT2D eigenvalue weighted by atomic mass is 32.2. The van der Waals surface area contributed by atoms with Crippen molar-refractivity contribution >= 4 is 35.1 Å². The molecule has 2 aromatic carbocycles. The lowest BCUT2D eigenvalue weighted by atomic mass is 10.2. The fourth-order valence-electron chi connectivity index (χ4n) is 2.84. The summed E-state index contributed by atoms with van der Waals surface area (Å²) in [5.74, 6) is -0.526. The van der Waals surface area contributed by atoms with Crippen molar-refractivity contribution in [2.45, 2.75) is 37.2 Å². The first-order valence-electron chi connectivity index (χ1n) is 8.85. The van der Waals surface area contributed by atoms with Crippen LogP contribution in [0, 0.1) is 6.92 Å². The lowest BCUT2D eigenvalue weighted by molar-refractivity contribution is -0.124. The minimum Gasteiger partial charge on any atom is -0.451 e. The maximum absolute atomic E-state index is 12.4. The van der Waals surface area contributed by atoms with E-state index in [1.807, 2.05) is 31.2 Å². The van der Waals surface area contributed by atoms with Crippen LogP contribution in [0.2, 0.25) is 0 Å². The zero-order chi connectivity index (χ0) is 19.2. The second-order valence-corrected chi connectivity index (χ2v) is 7.47. The van der Waals surface area contributed by atoms with Crippen molar-refractivity contribution in [1.82, 2.24) is 0 Å². The summed E-state index contributed by atoms with van der Waals surface area (Å²) in [6.07, 6.45) is 1.17. The standard InChI is InChI=1S/C21H21NO4S/c1-14-9-11-15(12-10-14)22-20(24)13-27-19-8-3-2-5-16(19)21(25)26-18-7-4-6-17(18)23/h2-3,5,8-12,18H,4,6-7,13H2,1H3,(H,22,24)/t18-/m1/s1. The molecule has 0 aliphatic heterocycles. The third-order valence-electron chi connectivity index (χ3n) is 4.30. The third-order valence-corrected chi connectivity index (χ3v) is 5.37. The normalized spacial score (nSPS) is 16.2. The van der Waals surface area contributed by atoms with Gasteiger partial charge >= 0.3 is 5.97 Å². The third kappa shape index (κ3) is 5.20. The van der Waals surface area contributed by atoms with Gasteiger partial charge in [0.2, 0.25) is 5.91 Å². The van der Waals surface area contributed by atoms with Crippen LogP contribution in [0.1, 0.15) is 35.2 Å². The van der Waals surface area contributed by atoms with Crippen LogP contribution < -0.4 is 5.32 Å². The number of thioether (sulfide) groups is 1. The first-order chi connectivity index (χ1) is 13.0. The molecule has 0 unspecified atom stereocenters. The first kappa shape index (κ1) is 19.2. The highest BCUT2D eigenvalue weighted by molar-refractivity contribution is 8.00. The Morgan fingerprint density at radius 1 is 1.15 bits per heavy atom. The molecule has 1 N–H and O–H groups in total. The Hall–Kier alpha value is -2.60. The van der Waals surface area contributed by atoms with Crippen molar-refractivity contribution in [3.8, 4) is 0 Å². The second kappa shape index (κ2) is 8.86. The lowest BCUT2D eigenvalue weighted by Gasteiger charge is -2.13. The van der Waals surface area contributed by atoms with Crippen LogP contribution in [0.3, 0.4) is 0 Å². The molecule has 1 fully saturated rings. The van der Waals surface area contributed by atoms with Gasteiger partial charge in [-0.05, 0) is 44.0 Å². The van der Waals surface area contributed by atoms with Crippen LogP contribution in [-0.2, 0) is 14.3 Å². The Morgan fingerprint density at radius 3 is 2.59 bits per heavy atom. The molecule has 27 heavy (non-hydrogen) atoms. The predicted molar refractivity (Wildman–Crippen MR) is 105 cm³/mol. The number of aryl methyl sites for hydroxylation is 1. The molecule has 1 aliphatic carbocycles. The van der Waals surface area contributed by atoms with Crippen LogP contribution in [0.15, 0.2) is 53.4 Å². The van der Waals surface area contributed by atoms with Gasteiger partial charge in [0.1, 0.15) is 0 Å². The van der Waals surface area contributed by atoms with E-state index in [1.165, 1.54) is 11.8 Å². The minimum absolute atomic E-state index is 0.0223. The molecule has 2 aromatic rings. The summed E-state index contributed by atoms with van der Waals surface area (Å²) in [6, 6.07) is 14.5. The molecule has 0 aromatic heterocycles. The summed E-state index contributed by atoms with van der Waals surface area (Å²) in [5.41, 5.74) is 2.24. The Bertz CT molecular complexity index is 848. The van der Waals surface area contributed by atoms with Gasteiger partial charge in [-0.15, -0.1) is 11.8 Å². The molecule has 0 spiro atoms. The molecule has 1 amide bonds. The topological polar surface area (TPSA) is 72.5 Å². The molecular weight excluding hydrogens is 362 g/mol. The Labute approximate surface area is 162 Å². The number of amides is 1. The average Bonchev–Trinajstić information content (AvgIpc) is 3.07. The van der Waals surface area contributed by atoms with E-state index in [9.17, 15) is 14.4 Å². The number of ketones is 1. The number of rotatable bonds is 6. The van der Waals surface area contributed by atoms with Gasteiger partial charge in [-0.1, -0.05) is 29.8 Å². The molecule has 1 aliphatic rings. The van der Waals surface area contributed by atoms with E-state index in [0.29, 0.717) is 23.3 Å². The summed E-state index contributed by atoms with van der Waals surface area (Å²) in [5, 5.41) is 2.83. The predicted octanol–water partition coefficient (Wildman–Crippen LogP) is 4.00. The van der Waals surface area contributed by atoms with E-state index < -0.39 is 12.1 Å². The number of anilines is 1. The van der Waals surface area contributed by atoms with Gasteiger partial charge in [-0.3, -0.25) is 9.59 Å². The summed E-state index contributed by atoms with van der Waals surface area (Å²) >= 11 is 1.27. The highest BCUT2D eigenvalue weighted by Gasteiger charge is 2.29. The number of carbonyl (C=O) groups is 3. The van der Waals surface area contributed by atoms with E-state index >= 15 is 0 Å². The number of carbonyl (C=O) groups excluding carboxylic acids is 3. The minimum atomic E-state index is -0.639.